The minimum atomic E-state index is -0.161. The van der Waals surface area contributed by atoms with E-state index >= 15 is 0 Å². The number of hydrogen-bond acceptors (Lipinski definition) is 4. The van der Waals surface area contributed by atoms with Crippen LogP contribution in [0.3, 0.4) is 0 Å². The Labute approximate surface area is 168 Å². The number of nitrogens with zero attached hydrogens (tertiary/aromatic N) is 3. The van der Waals surface area contributed by atoms with Crippen molar-refractivity contribution >= 4 is 11.8 Å². The molecule has 2 amide bonds. The van der Waals surface area contributed by atoms with E-state index in [0.717, 1.165) is 11.1 Å². The molecule has 1 aromatic heterocycles. The fraction of sp³-hybridized carbons (Fsp3) is 0.227. The van der Waals surface area contributed by atoms with E-state index < -0.39 is 0 Å². The monoisotopic (exact) mass is 390 g/mol. The molecule has 29 heavy (non-hydrogen) atoms. The first-order valence-electron chi connectivity index (χ1n) is 9.46. The van der Waals surface area contributed by atoms with Crippen molar-refractivity contribution in [2.75, 3.05) is 13.2 Å². The van der Waals surface area contributed by atoms with Crippen LogP contribution in [0.15, 0.2) is 60.9 Å². The molecule has 0 unspecified atom stereocenters. The molecule has 0 saturated heterocycles. The zero-order chi connectivity index (χ0) is 20.2. The highest BCUT2D eigenvalue weighted by Gasteiger charge is 2.23. The van der Waals surface area contributed by atoms with Crippen LogP contribution in [0.5, 0.6) is 5.75 Å². The smallest absolute Gasteiger partial charge is 0.257 e. The molecule has 0 spiro atoms. The molecule has 0 fully saturated rings. The Balaban J connectivity index is 1.49. The van der Waals surface area contributed by atoms with Gasteiger partial charge in [0, 0.05) is 37.5 Å². The maximum atomic E-state index is 12.8. The zero-order valence-electron chi connectivity index (χ0n) is 16.2. The van der Waals surface area contributed by atoms with Crippen molar-refractivity contribution in [3.05, 3.63) is 83.2 Å². The summed E-state index contributed by atoms with van der Waals surface area (Å²) >= 11 is 0. The molecule has 1 aliphatic rings. The Morgan fingerprint density at radius 2 is 1.97 bits per heavy atom. The van der Waals surface area contributed by atoms with Crippen molar-refractivity contribution in [3.63, 3.8) is 0 Å². The molecule has 7 heteroatoms. The summed E-state index contributed by atoms with van der Waals surface area (Å²) < 4.78 is 7.39. The number of amides is 2. The molecule has 2 aromatic carbocycles. The van der Waals surface area contributed by atoms with Gasteiger partial charge in [-0.25, -0.2) is 0 Å². The average molecular weight is 390 g/mol. The predicted molar refractivity (Wildman–Crippen MR) is 107 cm³/mol. The van der Waals surface area contributed by atoms with Crippen molar-refractivity contribution in [1.82, 2.24) is 20.0 Å². The van der Waals surface area contributed by atoms with Gasteiger partial charge in [-0.1, -0.05) is 30.3 Å². The van der Waals surface area contributed by atoms with E-state index in [9.17, 15) is 9.59 Å². The Kier molecular flexibility index (Phi) is 5.29. The standard InChI is InChI=1S/C22H22N4O3/c1-25-14-19(13-24-25)22(28)26-9-10-29-20-8-7-17(11-18(20)15-26)21(27)23-12-16-5-3-2-4-6-16/h2-8,11,13-14H,9-10,12,15H2,1H3,(H,23,27). The van der Waals surface area contributed by atoms with Crippen molar-refractivity contribution in [2.45, 2.75) is 13.1 Å². The normalized spacial score (nSPS) is 13.2. The summed E-state index contributed by atoms with van der Waals surface area (Å²) in [7, 11) is 1.78. The fourth-order valence-corrected chi connectivity index (χ4v) is 3.30. The number of nitrogens with one attached hydrogen (secondary N) is 1. The van der Waals surface area contributed by atoms with Crippen LogP contribution in [0, 0.1) is 0 Å². The minimum Gasteiger partial charge on any atom is -0.491 e. The number of hydrogen-bond donors (Lipinski definition) is 1. The van der Waals surface area contributed by atoms with E-state index in [1.165, 1.54) is 0 Å². The number of carbonyl (C=O) groups is 2. The van der Waals surface area contributed by atoms with Gasteiger partial charge in [0.2, 0.25) is 0 Å². The van der Waals surface area contributed by atoms with Gasteiger partial charge in [0.1, 0.15) is 12.4 Å². The maximum absolute atomic E-state index is 12.8. The molecule has 1 N–H and O–H groups in total. The molecule has 3 aromatic rings. The molecule has 4 rings (SSSR count). The van der Waals surface area contributed by atoms with Crippen molar-refractivity contribution in [3.8, 4) is 5.75 Å². The lowest BCUT2D eigenvalue weighted by molar-refractivity contribution is 0.0733. The SMILES string of the molecule is Cn1cc(C(=O)N2CCOc3ccc(C(=O)NCc4ccccc4)cc3C2)cn1. The van der Waals surface area contributed by atoms with Crippen LogP contribution in [-0.4, -0.2) is 39.6 Å². The molecule has 0 aliphatic carbocycles. The molecule has 0 radical (unpaired) electrons. The van der Waals surface area contributed by atoms with Crippen LogP contribution in [0.2, 0.25) is 0 Å². The summed E-state index contributed by atoms with van der Waals surface area (Å²) in [6.07, 6.45) is 3.25. The first kappa shape index (κ1) is 18.7. The van der Waals surface area contributed by atoms with Gasteiger partial charge >= 0.3 is 0 Å². The second-order valence-electron chi connectivity index (χ2n) is 6.97. The van der Waals surface area contributed by atoms with Gasteiger partial charge in [0.05, 0.1) is 18.3 Å². The lowest BCUT2D eigenvalue weighted by Crippen LogP contribution is -2.32. The summed E-state index contributed by atoms with van der Waals surface area (Å²) in [4.78, 5) is 27.1. The van der Waals surface area contributed by atoms with Gasteiger partial charge in [-0.05, 0) is 23.8 Å². The van der Waals surface area contributed by atoms with Gasteiger partial charge < -0.3 is 15.0 Å². The van der Waals surface area contributed by atoms with E-state index in [1.807, 2.05) is 30.3 Å². The average Bonchev–Trinajstić information content (AvgIpc) is 3.06. The molecule has 0 bridgehead atoms. The third-order valence-corrected chi connectivity index (χ3v) is 4.84. The van der Waals surface area contributed by atoms with Crippen LogP contribution in [0.1, 0.15) is 31.8 Å². The van der Waals surface area contributed by atoms with Crippen LogP contribution < -0.4 is 10.1 Å². The van der Waals surface area contributed by atoms with Gasteiger partial charge in [0.25, 0.3) is 11.8 Å². The van der Waals surface area contributed by atoms with E-state index in [2.05, 4.69) is 10.4 Å². The first-order chi connectivity index (χ1) is 14.1. The Morgan fingerprint density at radius 3 is 2.72 bits per heavy atom. The van der Waals surface area contributed by atoms with Crippen molar-refractivity contribution in [1.29, 1.82) is 0 Å². The molecule has 2 heterocycles. The topological polar surface area (TPSA) is 76.5 Å². The number of ether oxygens (including phenoxy) is 1. The van der Waals surface area contributed by atoms with Crippen LogP contribution in [0.4, 0.5) is 0 Å². The molecule has 148 valence electrons. The summed E-state index contributed by atoms with van der Waals surface area (Å²) in [5.74, 6) is 0.436. The van der Waals surface area contributed by atoms with Gasteiger partial charge in [-0.2, -0.15) is 5.10 Å². The van der Waals surface area contributed by atoms with E-state index in [0.29, 0.717) is 43.1 Å². The molecule has 0 saturated carbocycles. The number of rotatable bonds is 4. The van der Waals surface area contributed by atoms with Crippen molar-refractivity contribution in [2.24, 2.45) is 7.05 Å². The highest BCUT2D eigenvalue weighted by atomic mass is 16.5. The third-order valence-electron chi connectivity index (χ3n) is 4.84. The zero-order valence-corrected chi connectivity index (χ0v) is 16.2. The first-order valence-corrected chi connectivity index (χ1v) is 9.46. The summed E-state index contributed by atoms with van der Waals surface area (Å²) in [5.41, 5.74) is 2.92. The van der Waals surface area contributed by atoms with Crippen LogP contribution in [0.25, 0.3) is 0 Å². The summed E-state index contributed by atoms with van der Waals surface area (Å²) in [6.45, 7) is 1.71. The summed E-state index contributed by atoms with van der Waals surface area (Å²) in [6, 6.07) is 15.1. The quantitative estimate of drug-likeness (QED) is 0.742. The molecule has 1 aliphatic heterocycles. The predicted octanol–water partition coefficient (Wildman–Crippen LogP) is 2.38. The minimum absolute atomic E-state index is 0.103. The molecule has 7 nitrogen and oxygen atoms in total. The maximum Gasteiger partial charge on any atom is 0.257 e. The molecule has 0 atom stereocenters. The van der Waals surface area contributed by atoms with E-state index in [4.69, 9.17) is 4.74 Å². The largest absolute Gasteiger partial charge is 0.491 e. The lowest BCUT2D eigenvalue weighted by Gasteiger charge is -2.19. The number of benzene rings is 2. The van der Waals surface area contributed by atoms with E-state index in [1.54, 1.807) is 47.2 Å². The Hall–Kier alpha value is -3.61. The number of carbonyl (C=O) groups excluding carboxylic acids is 2. The van der Waals surface area contributed by atoms with Gasteiger partial charge in [0.15, 0.2) is 0 Å². The Morgan fingerprint density at radius 1 is 1.14 bits per heavy atom. The van der Waals surface area contributed by atoms with Gasteiger partial charge in [-0.15, -0.1) is 0 Å². The number of aryl methyl sites for hydroxylation is 1. The van der Waals surface area contributed by atoms with Crippen LogP contribution in [-0.2, 0) is 20.1 Å². The third kappa shape index (κ3) is 4.29. The van der Waals surface area contributed by atoms with Gasteiger partial charge in [-0.3, -0.25) is 14.3 Å². The lowest BCUT2D eigenvalue weighted by atomic mass is 10.1. The van der Waals surface area contributed by atoms with Crippen molar-refractivity contribution < 1.29 is 14.3 Å². The number of aromatic nitrogens is 2. The fourth-order valence-electron chi connectivity index (χ4n) is 3.30. The van der Waals surface area contributed by atoms with Crippen LogP contribution >= 0.6 is 0 Å². The second kappa shape index (κ2) is 8.18. The Bertz CT molecular complexity index is 1030. The highest BCUT2D eigenvalue weighted by Crippen LogP contribution is 2.25. The highest BCUT2D eigenvalue weighted by molar-refractivity contribution is 5.95. The molecular formula is C22H22N4O3. The number of fused-ring (bicyclic) bond motifs is 1. The summed E-state index contributed by atoms with van der Waals surface area (Å²) in [5, 5.41) is 7.00. The molecular weight excluding hydrogens is 368 g/mol. The van der Waals surface area contributed by atoms with E-state index in [-0.39, 0.29) is 11.8 Å². The second-order valence-corrected chi connectivity index (χ2v) is 6.97.